The number of halogens is 1. The molecular formula is C18H30IN5O2. The van der Waals surface area contributed by atoms with Crippen molar-refractivity contribution in [3.63, 3.8) is 0 Å². The molecule has 0 saturated carbocycles. The maximum atomic E-state index is 12.1. The van der Waals surface area contributed by atoms with Gasteiger partial charge in [-0.2, -0.15) is 0 Å². The van der Waals surface area contributed by atoms with Crippen LogP contribution in [0.1, 0.15) is 25.3 Å². The van der Waals surface area contributed by atoms with Crippen LogP contribution in [0.5, 0.6) is 0 Å². The number of guanidine groups is 1. The molecule has 2 rings (SSSR count). The zero-order valence-corrected chi connectivity index (χ0v) is 17.7. The van der Waals surface area contributed by atoms with E-state index in [1.807, 2.05) is 24.3 Å². The Morgan fingerprint density at radius 3 is 2.85 bits per heavy atom. The number of carbonyl (C=O) groups is 1. The molecule has 1 aromatic carbocycles. The summed E-state index contributed by atoms with van der Waals surface area (Å²) in [5.74, 6) is 0.470. The van der Waals surface area contributed by atoms with Crippen molar-refractivity contribution in [3.05, 3.63) is 29.8 Å². The maximum Gasteiger partial charge on any atom is 0.225 e. The van der Waals surface area contributed by atoms with Gasteiger partial charge in [-0.15, -0.1) is 24.0 Å². The summed E-state index contributed by atoms with van der Waals surface area (Å²) in [6.45, 7) is 7.43. The Bertz CT molecular complexity index is 576. The van der Waals surface area contributed by atoms with Crippen molar-refractivity contribution in [2.45, 2.75) is 26.3 Å². The number of amides is 1. The van der Waals surface area contributed by atoms with Gasteiger partial charge in [-0.1, -0.05) is 19.1 Å². The number of carbonyl (C=O) groups excluding carboxylic acids is 1. The molecule has 0 aromatic heterocycles. The Morgan fingerprint density at radius 2 is 2.12 bits per heavy atom. The average molecular weight is 475 g/mol. The molecule has 7 nitrogen and oxygen atoms in total. The van der Waals surface area contributed by atoms with Gasteiger partial charge in [0.05, 0.1) is 19.8 Å². The molecule has 0 unspecified atom stereocenters. The molecule has 1 amide bonds. The van der Waals surface area contributed by atoms with E-state index in [0.29, 0.717) is 18.9 Å². The third-order valence-corrected chi connectivity index (χ3v) is 3.96. The lowest BCUT2D eigenvalue weighted by Crippen LogP contribution is -2.38. The molecule has 8 heteroatoms. The molecule has 1 saturated heterocycles. The number of nitrogens with one attached hydrogen (secondary N) is 2. The van der Waals surface area contributed by atoms with Gasteiger partial charge in [0, 0.05) is 38.3 Å². The van der Waals surface area contributed by atoms with Crippen molar-refractivity contribution in [1.29, 1.82) is 0 Å². The third kappa shape index (κ3) is 8.81. The first kappa shape index (κ1) is 22.7. The van der Waals surface area contributed by atoms with E-state index in [-0.39, 0.29) is 29.9 Å². The van der Waals surface area contributed by atoms with Gasteiger partial charge in [-0.05, 0) is 24.1 Å². The van der Waals surface area contributed by atoms with Gasteiger partial charge in [-0.3, -0.25) is 9.69 Å². The van der Waals surface area contributed by atoms with Crippen LogP contribution in [0, 0.1) is 0 Å². The Balaban J connectivity index is 0.00000338. The van der Waals surface area contributed by atoms with E-state index in [1.165, 1.54) is 0 Å². The van der Waals surface area contributed by atoms with E-state index in [0.717, 1.165) is 57.1 Å². The zero-order valence-electron chi connectivity index (χ0n) is 15.4. The summed E-state index contributed by atoms with van der Waals surface area (Å²) in [5, 5.41) is 5.99. The van der Waals surface area contributed by atoms with Crippen LogP contribution in [-0.2, 0) is 16.1 Å². The smallest absolute Gasteiger partial charge is 0.225 e. The number of hydrogen-bond acceptors (Lipinski definition) is 4. The van der Waals surface area contributed by atoms with Crippen molar-refractivity contribution < 1.29 is 9.53 Å². The lowest BCUT2D eigenvalue weighted by atomic mass is 10.2. The van der Waals surface area contributed by atoms with Gasteiger partial charge in [-0.25, -0.2) is 4.99 Å². The van der Waals surface area contributed by atoms with E-state index in [2.05, 4.69) is 27.4 Å². The predicted molar refractivity (Wildman–Crippen MR) is 116 cm³/mol. The Kier molecular flexibility index (Phi) is 11.2. The first-order valence-corrected chi connectivity index (χ1v) is 8.90. The van der Waals surface area contributed by atoms with Crippen molar-refractivity contribution in [2.75, 3.05) is 44.7 Å². The highest BCUT2D eigenvalue weighted by Crippen LogP contribution is 2.12. The number of hydrogen-bond donors (Lipinski definition) is 3. The fraction of sp³-hybridized carbons (Fsp3) is 0.556. The lowest BCUT2D eigenvalue weighted by Gasteiger charge is -2.26. The molecule has 4 N–H and O–H groups in total. The molecule has 26 heavy (non-hydrogen) atoms. The van der Waals surface area contributed by atoms with Crippen LogP contribution in [0.3, 0.4) is 0 Å². The molecule has 0 spiro atoms. The van der Waals surface area contributed by atoms with E-state index in [4.69, 9.17) is 10.5 Å². The molecule has 1 aromatic rings. The van der Waals surface area contributed by atoms with Crippen molar-refractivity contribution in [2.24, 2.45) is 10.7 Å². The molecule has 0 atom stereocenters. The molecule has 1 heterocycles. The van der Waals surface area contributed by atoms with Gasteiger partial charge >= 0.3 is 0 Å². The molecule has 1 aliphatic heterocycles. The molecular weight excluding hydrogens is 445 g/mol. The van der Waals surface area contributed by atoms with Gasteiger partial charge in [0.25, 0.3) is 0 Å². The summed E-state index contributed by atoms with van der Waals surface area (Å²) in [4.78, 5) is 18.7. The quantitative estimate of drug-likeness (QED) is 0.303. The lowest BCUT2D eigenvalue weighted by molar-refractivity contribution is -0.116. The summed E-state index contributed by atoms with van der Waals surface area (Å²) >= 11 is 0. The molecule has 0 radical (unpaired) electrons. The highest BCUT2D eigenvalue weighted by Gasteiger charge is 2.12. The first-order valence-electron chi connectivity index (χ1n) is 8.90. The van der Waals surface area contributed by atoms with E-state index < -0.39 is 0 Å². The fourth-order valence-electron chi connectivity index (χ4n) is 2.54. The number of morpholine rings is 1. The second kappa shape index (κ2) is 12.9. The molecule has 146 valence electrons. The van der Waals surface area contributed by atoms with Crippen LogP contribution in [0.25, 0.3) is 0 Å². The standard InChI is InChI=1S/C18H29N5O2.HI/c1-2-7-20-18(19)21-14-15-4-3-5-16(13-15)22-17(24)6-8-23-9-11-25-12-10-23;/h3-5,13H,2,6-12,14H2,1H3,(H,22,24)(H3,19,20,21);1H. The highest BCUT2D eigenvalue weighted by atomic mass is 127. The molecule has 0 aliphatic carbocycles. The summed E-state index contributed by atoms with van der Waals surface area (Å²) in [7, 11) is 0. The topological polar surface area (TPSA) is 92.0 Å². The number of anilines is 1. The molecule has 1 aliphatic rings. The number of nitrogens with zero attached hydrogens (tertiary/aromatic N) is 2. The second-order valence-corrected chi connectivity index (χ2v) is 6.08. The third-order valence-electron chi connectivity index (χ3n) is 3.96. The summed E-state index contributed by atoms with van der Waals surface area (Å²) in [5.41, 5.74) is 7.59. The van der Waals surface area contributed by atoms with Gasteiger partial charge in [0.2, 0.25) is 5.91 Å². The van der Waals surface area contributed by atoms with Crippen LogP contribution in [0.4, 0.5) is 5.69 Å². The minimum Gasteiger partial charge on any atom is -0.379 e. The van der Waals surface area contributed by atoms with Gasteiger partial charge in [0.1, 0.15) is 0 Å². The number of nitrogens with two attached hydrogens (primary N) is 1. The van der Waals surface area contributed by atoms with E-state index in [9.17, 15) is 4.79 Å². The summed E-state index contributed by atoms with van der Waals surface area (Å²) in [6, 6.07) is 7.71. The Labute approximate surface area is 172 Å². The molecule has 0 bridgehead atoms. The van der Waals surface area contributed by atoms with Gasteiger partial charge < -0.3 is 21.1 Å². The Morgan fingerprint density at radius 1 is 1.35 bits per heavy atom. The minimum atomic E-state index is 0. The number of ether oxygens (including phenoxy) is 1. The minimum absolute atomic E-state index is 0. The van der Waals surface area contributed by atoms with Crippen LogP contribution >= 0.6 is 24.0 Å². The highest BCUT2D eigenvalue weighted by molar-refractivity contribution is 14.0. The normalized spacial score (nSPS) is 15.2. The largest absolute Gasteiger partial charge is 0.379 e. The monoisotopic (exact) mass is 475 g/mol. The fourth-order valence-corrected chi connectivity index (χ4v) is 2.54. The van der Waals surface area contributed by atoms with Crippen molar-refractivity contribution >= 4 is 41.5 Å². The second-order valence-electron chi connectivity index (χ2n) is 6.08. The van der Waals surface area contributed by atoms with E-state index >= 15 is 0 Å². The summed E-state index contributed by atoms with van der Waals surface area (Å²) < 4.78 is 5.31. The van der Waals surface area contributed by atoms with Crippen molar-refractivity contribution in [3.8, 4) is 0 Å². The van der Waals surface area contributed by atoms with Crippen molar-refractivity contribution in [1.82, 2.24) is 10.2 Å². The maximum absolute atomic E-state index is 12.1. The SMILES string of the molecule is CCCNC(N)=NCc1cccc(NC(=O)CCN2CCOCC2)c1.I. The Hall–Kier alpha value is -1.39. The van der Waals surface area contributed by atoms with E-state index in [1.54, 1.807) is 0 Å². The molecule has 1 fully saturated rings. The first-order chi connectivity index (χ1) is 12.2. The average Bonchev–Trinajstić information content (AvgIpc) is 2.64. The van der Waals surface area contributed by atoms with Crippen LogP contribution in [0.15, 0.2) is 29.3 Å². The predicted octanol–water partition coefficient (Wildman–Crippen LogP) is 1.78. The van der Waals surface area contributed by atoms with Crippen LogP contribution in [0.2, 0.25) is 0 Å². The van der Waals surface area contributed by atoms with Crippen LogP contribution < -0.4 is 16.4 Å². The zero-order chi connectivity index (χ0) is 17.9. The van der Waals surface area contributed by atoms with Gasteiger partial charge in [0.15, 0.2) is 5.96 Å². The van der Waals surface area contributed by atoms with Crippen LogP contribution in [-0.4, -0.2) is 56.2 Å². The number of benzene rings is 1. The number of rotatable bonds is 8. The number of aliphatic imine (C=N–C) groups is 1. The summed E-state index contributed by atoms with van der Waals surface area (Å²) in [6.07, 6.45) is 1.48.